The summed E-state index contributed by atoms with van der Waals surface area (Å²) >= 11 is 0. The van der Waals surface area contributed by atoms with Gasteiger partial charge in [0.2, 0.25) is 11.6 Å². The lowest BCUT2D eigenvalue weighted by Crippen LogP contribution is -2.40. The summed E-state index contributed by atoms with van der Waals surface area (Å²) < 4.78 is 13.7. The van der Waals surface area contributed by atoms with E-state index in [-0.39, 0.29) is 42.9 Å². The molecule has 5 N–H and O–H groups in total. The van der Waals surface area contributed by atoms with Crippen LogP contribution < -0.4 is 10.6 Å². The highest BCUT2D eigenvalue weighted by atomic mass is 16.7. The van der Waals surface area contributed by atoms with Crippen LogP contribution in [0.3, 0.4) is 0 Å². The highest BCUT2D eigenvalue weighted by Crippen LogP contribution is 2.22. The lowest BCUT2D eigenvalue weighted by molar-refractivity contribution is -0.0766. The molecule has 59 heavy (non-hydrogen) atoms. The number of carboxylic acids is 1. The summed E-state index contributed by atoms with van der Waals surface area (Å²) in [6.07, 6.45) is 4.32. The van der Waals surface area contributed by atoms with Crippen LogP contribution in [0.1, 0.15) is 86.7 Å². The lowest BCUT2D eigenvalue weighted by atomic mass is 10.0. The highest BCUT2D eigenvalue weighted by molar-refractivity contribution is 5.90. The van der Waals surface area contributed by atoms with Crippen molar-refractivity contribution in [3.63, 3.8) is 0 Å². The number of alkyl carbamates (subject to hydrolysis) is 2. The standard InChI is InChI=1S/C22H32N4O5.C20H27N3O5/c1-22(2,3)31-21(29)23-17(11-12-27)13-15-7-9-16(10-8-15)18-14-25(4)19(24-18)20(28)26(5)30-6;1-20(2,3)28-19(27)21-15(9-10-24)11-13-5-7-14(8-6-13)16-12-23(4)17(22-16)18(25)26/h7-10,14,17,27H,11-13H2,1-6H3,(H,23,29);5-8,12,15,24H,9-11H2,1-4H3,(H,21,27)(H,25,26)/t17-;15-/m11/s1. The Hall–Kier alpha value is -5.78. The van der Waals surface area contributed by atoms with Crippen LogP contribution in [0.2, 0.25) is 0 Å². The van der Waals surface area contributed by atoms with Crippen molar-refractivity contribution in [2.45, 2.75) is 90.5 Å². The number of aryl methyl sites for hydroxylation is 2. The van der Waals surface area contributed by atoms with Gasteiger partial charge in [0.05, 0.1) is 18.5 Å². The summed E-state index contributed by atoms with van der Waals surface area (Å²) in [6, 6.07) is 14.7. The maximum atomic E-state index is 12.3. The number of benzene rings is 2. The number of nitrogens with zero attached hydrogens (tertiary/aromatic N) is 5. The largest absolute Gasteiger partial charge is 0.475 e. The number of carbonyl (C=O) groups excluding carboxylic acids is 3. The Balaban J connectivity index is 0.000000317. The van der Waals surface area contributed by atoms with Gasteiger partial charge in [-0.1, -0.05) is 48.5 Å². The Morgan fingerprint density at radius 1 is 0.695 bits per heavy atom. The molecule has 0 aliphatic rings. The molecule has 322 valence electrons. The number of hydrogen-bond donors (Lipinski definition) is 5. The van der Waals surface area contributed by atoms with Crippen molar-refractivity contribution in [2.75, 3.05) is 27.4 Å². The van der Waals surface area contributed by atoms with Gasteiger partial charge in [-0.3, -0.25) is 9.63 Å². The number of aromatic carboxylic acids is 1. The average molecular weight is 822 g/mol. The van der Waals surface area contributed by atoms with Gasteiger partial charge in [0.1, 0.15) is 11.2 Å². The maximum absolute atomic E-state index is 12.3. The number of rotatable bonds is 15. The van der Waals surface area contributed by atoms with E-state index in [4.69, 9.17) is 19.4 Å². The van der Waals surface area contributed by atoms with Crippen molar-refractivity contribution in [2.24, 2.45) is 14.1 Å². The molecule has 0 spiro atoms. The molecule has 0 saturated carbocycles. The van der Waals surface area contributed by atoms with Crippen molar-refractivity contribution in [3.8, 4) is 22.5 Å². The molecule has 0 bridgehead atoms. The molecular formula is C42H59N7O10. The van der Waals surface area contributed by atoms with Crippen LogP contribution in [0.25, 0.3) is 22.5 Å². The van der Waals surface area contributed by atoms with Gasteiger partial charge < -0.3 is 44.6 Å². The van der Waals surface area contributed by atoms with E-state index in [1.807, 2.05) is 48.5 Å². The fraction of sp³-hybridized carbons (Fsp3) is 0.476. The number of hydroxylamine groups is 2. The number of carbonyl (C=O) groups is 4. The average Bonchev–Trinajstić information content (AvgIpc) is 3.73. The van der Waals surface area contributed by atoms with Crippen LogP contribution in [0, 0.1) is 0 Å². The first kappa shape index (κ1) is 47.6. The summed E-state index contributed by atoms with van der Waals surface area (Å²) in [5.41, 5.74) is 3.68. The van der Waals surface area contributed by atoms with Gasteiger partial charge in [0, 0.05) is 70.0 Å². The normalized spacial score (nSPS) is 12.4. The van der Waals surface area contributed by atoms with Crippen molar-refractivity contribution in [3.05, 3.63) is 83.7 Å². The number of aromatic nitrogens is 4. The summed E-state index contributed by atoms with van der Waals surface area (Å²) in [4.78, 5) is 61.0. The molecule has 4 aromatic rings. The van der Waals surface area contributed by atoms with E-state index in [9.17, 15) is 29.4 Å². The molecule has 3 amide bonds. The lowest BCUT2D eigenvalue weighted by Gasteiger charge is -2.23. The molecule has 0 radical (unpaired) electrons. The van der Waals surface area contributed by atoms with Gasteiger partial charge in [-0.05, 0) is 78.4 Å². The minimum atomic E-state index is -1.08. The van der Waals surface area contributed by atoms with Crippen molar-refractivity contribution in [1.82, 2.24) is 34.8 Å². The van der Waals surface area contributed by atoms with Crippen LogP contribution in [-0.2, 0) is 41.2 Å². The molecule has 4 rings (SSSR count). The number of imidazole rings is 2. The van der Waals surface area contributed by atoms with E-state index in [1.165, 1.54) is 18.7 Å². The van der Waals surface area contributed by atoms with Crippen LogP contribution >= 0.6 is 0 Å². The topological polar surface area (TPSA) is 220 Å². The van der Waals surface area contributed by atoms with Gasteiger partial charge in [0.15, 0.2) is 0 Å². The van der Waals surface area contributed by atoms with Gasteiger partial charge in [0.25, 0.3) is 0 Å². The van der Waals surface area contributed by atoms with Crippen molar-refractivity contribution >= 4 is 24.1 Å². The third-order valence-electron chi connectivity index (χ3n) is 8.56. The molecule has 2 aromatic heterocycles. The third kappa shape index (κ3) is 15.5. The molecule has 0 saturated heterocycles. The molecule has 0 aliphatic heterocycles. The predicted octanol–water partition coefficient (Wildman–Crippen LogP) is 5.14. The minimum absolute atomic E-state index is 0.0244. The number of hydrogen-bond acceptors (Lipinski definition) is 11. The molecule has 0 aliphatic carbocycles. The van der Waals surface area contributed by atoms with Gasteiger partial charge in [-0.15, -0.1) is 0 Å². The van der Waals surface area contributed by atoms with Crippen LogP contribution in [0.5, 0.6) is 0 Å². The summed E-state index contributed by atoms with van der Waals surface area (Å²) in [5, 5.41) is 34.5. The fourth-order valence-corrected chi connectivity index (χ4v) is 5.73. The predicted molar refractivity (Wildman–Crippen MR) is 220 cm³/mol. The van der Waals surface area contributed by atoms with Crippen LogP contribution in [-0.4, -0.2) is 114 Å². The van der Waals surface area contributed by atoms with E-state index in [1.54, 1.807) is 72.6 Å². The van der Waals surface area contributed by atoms with Crippen molar-refractivity contribution < 1.29 is 48.8 Å². The number of carboxylic acid groups (broad SMARTS) is 1. The van der Waals surface area contributed by atoms with E-state index < -0.39 is 29.4 Å². The molecule has 0 fully saturated rings. The van der Waals surface area contributed by atoms with Crippen molar-refractivity contribution in [1.29, 1.82) is 0 Å². The summed E-state index contributed by atoms with van der Waals surface area (Å²) in [5.74, 6) is -1.17. The second kappa shape index (κ2) is 21.3. The van der Waals surface area contributed by atoms with Crippen LogP contribution in [0.4, 0.5) is 9.59 Å². The van der Waals surface area contributed by atoms with Gasteiger partial charge >= 0.3 is 24.1 Å². The first-order chi connectivity index (χ1) is 27.6. The van der Waals surface area contributed by atoms with Crippen LogP contribution in [0.15, 0.2) is 60.9 Å². The first-order valence-corrected chi connectivity index (χ1v) is 19.1. The van der Waals surface area contributed by atoms with Gasteiger partial charge in [-0.25, -0.2) is 29.4 Å². The second-order valence-corrected chi connectivity index (χ2v) is 15.9. The Morgan fingerprint density at radius 2 is 1.07 bits per heavy atom. The molecule has 17 heteroatoms. The number of nitrogens with one attached hydrogen (secondary N) is 2. The second-order valence-electron chi connectivity index (χ2n) is 15.9. The monoisotopic (exact) mass is 821 g/mol. The Labute approximate surface area is 345 Å². The fourth-order valence-electron chi connectivity index (χ4n) is 5.73. The number of aliphatic hydroxyl groups is 2. The van der Waals surface area contributed by atoms with Gasteiger partial charge in [-0.2, -0.15) is 0 Å². The molecule has 2 atom stereocenters. The first-order valence-electron chi connectivity index (χ1n) is 19.1. The zero-order valence-electron chi connectivity index (χ0n) is 35.6. The Kier molecular flexibility index (Phi) is 17.2. The summed E-state index contributed by atoms with van der Waals surface area (Å²) in [7, 11) is 6.33. The molecule has 2 heterocycles. The van der Waals surface area contributed by atoms with E-state index >= 15 is 0 Å². The number of aliphatic hydroxyl groups excluding tert-OH is 2. The Bertz CT molecular complexity index is 2000. The summed E-state index contributed by atoms with van der Waals surface area (Å²) in [6.45, 7) is 10.7. The SMILES string of the molecule is CON(C)C(=O)c1nc(-c2ccc(C[C@@H](CCO)NC(=O)OC(C)(C)C)cc2)cn1C.Cn1cc(-c2ccc(C[C@@H](CCO)NC(=O)OC(C)(C)C)cc2)nc1C(=O)O. The Morgan fingerprint density at radius 3 is 1.39 bits per heavy atom. The quantitative estimate of drug-likeness (QED) is 0.0985. The highest BCUT2D eigenvalue weighted by Gasteiger charge is 2.22. The smallest absolute Gasteiger partial charge is 0.407 e. The zero-order valence-corrected chi connectivity index (χ0v) is 35.6. The minimum Gasteiger partial charge on any atom is -0.475 e. The third-order valence-corrected chi connectivity index (χ3v) is 8.56. The van der Waals surface area contributed by atoms with E-state index in [0.717, 1.165) is 27.3 Å². The number of amides is 3. The molecular weight excluding hydrogens is 763 g/mol. The molecule has 2 aromatic carbocycles. The maximum Gasteiger partial charge on any atom is 0.407 e. The number of ether oxygens (including phenoxy) is 2. The zero-order chi connectivity index (χ0) is 44.1. The molecule has 0 unspecified atom stereocenters. The van der Waals surface area contributed by atoms with E-state index in [2.05, 4.69) is 20.6 Å². The molecule has 17 nitrogen and oxygen atoms in total. The van der Waals surface area contributed by atoms with E-state index in [0.29, 0.717) is 37.1 Å².